The van der Waals surface area contributed by atoms with E-state index in [9.17, 15) is 4.79 Å². The molecule has 0 aliphatic rings. The van der Waals surface area contributed by atoms with Crippen LogP contribution in [0.5, 0.6) is 11.8 Å². The third-order valence-electron chi connectivity index (χ3n) is 1.73. The number of nitrogens with one attached hydrogen (secondary N) is 1. The Morgan fingerprint density at radius 3 is 2.24 bits per heavy atom. The topological polar surface area (TPSA) is 73.3 Å². The average Bonchev–Trinajstić information content (AvgIpc) is 2.33. The zero-order chi connectivity index (χ0) is 12.7. The van der Waals surface area contributed by atoms with Gasteiger partial charge in [-0.05, 0) is 13.8 Å². The van der Waals surface area contributed by atoms with Gasteiger partial charge in [0, 0.05) is 0 Å². The molecule has 1 amide bonds. The molecule has 0 aliphatic heterocycles. The summed E-state index contributed by atoms with van der Waals surface area (Å²) in [5.41, 5.74) is 0.307. The van der Waals surface area contributed by atoms with Crippen LogP contribution in [0.3, 0.4) is 0 Å². The first-order valence-electron chi connectivity index (χ1n) is 5.19. The highest BCUT2D eigenvalue weighted by molar-refractivity contribution is 6.29. The Kier molecular flexibility index (Phi) is 5.48. The molecule has 7 heteroatoms. The minimum Gasteiger partial charge on any atom is -0.476 e. The van der Waals surface area contributed by atoms with E-state index in [-0.39, 0.29) is 23.5 Å². The lowest BCUT2D eigenvalue weighted by atomic mass is 10.4. The molecule has 0 bridgehead atoms. The number of carbonyl (C=O) groups excluding carboxylic acids is 1. The molecule has 1 aromatic rings. The Morgan fingerprint density at radius 2 is 1.82 bits per heavy atom. The molecule has 94 valence electrons. The number of nitrogens with zero attached hydrogens (tertiary/aromatic N) is 2. The second-order valence-corrected chi connectivity index (χ2v) is 3.17. The van der Waals surface area contributed by atoms with Crippen molar-refractivity contribution in [3.63, 3.8) is 0 Å². The maximum absolute atomic E-state index is 11.3. The molecular weight excluding hydrogens is 246 g/mol. The first kappa shape index (κ1) is 13.5. The highest BCUT2D eigenvalue weighted by Crippen LogP contribution is 2.30. The molecule has 0 aromatic carbocycles. The van der Waals surface area contributed by atoms with Gasteiger partial charge in [-0.3, -0.25) is 4.79 Å². The van der Waals surface area contributed by atoms with Gasteiger partial charge in [0.05, 0.1) is 13.2 Å². The van der Waals surface area contributed by atoms with Crippen LogP contribution in [-0.2, 0) is 4.79 Å². The van der Waals surface area contributed by atoms with E-state index < -0.39 is 0 Å². The van der Waals surface area contributed by atoms with Crippen LogP contribution in [-0.4, -0.2) is 35.0 Å². The lowest BCUT2D eigenvalue weighted by Crippen LogP contribution is -2.16. The van der Waals surface area contributed by atoms with E-state index in [4.69, 9.17) is 21.1 Å². The van der Waals surface area contributed by atoms with Gasteiger partial charge in [-0.25, -0.2) is 0 Å². The summed E-state index contributed by atoms with van der Waals surface area (Å²) in [6.07, 6.45) is 1.31. The van der Waals surface area contributed by atoms with Crippen LogP contribution in [0, 0.1) is 0 Å². The van der Waals surface area contributed by atoms with Gasteiger partial charge in [0.1, 0.15) is 12.2 Å². The van der Waals surface area contributed by atoms with Crippen LogP contribution in [0.4, 0.5) is 5.69 Å². The number of aromatic nitrogens is 2. The number of rotatable bonds is 6. The van der Waals surface area contributed by atoms with Crippen molar-refractivity contribution in [3.8, 4) is 11.8 Å². The van der Waals surface area contributed by atoms with E-state index >= 15 is 0 Å². The van der Waals surface area contributed by atoms with Crippen molar-refractivity contribution in [2.75, 3.05) is 24.4 Å². The molecule has 0 fully saturated rings. The van der Waals surface area contributed by atoms with Gasteiger partial charge in [0.2, 0.25) is 17.7 Å². The normalized spacial score (nSPS) is 9.82. The van der Waals surface area contributed by atoms with Crippen molar-refractivity contribution in [2.45, 2.75) is 13.8 Å². The third kappa shape index (κ3) is 3.74. The number of amides is 1. The summed E-state index contributed by atoms with van der Waals surface area (Å²) >= 11 is 5.43. The van der Waals surface area contributed by atoms with Gasteiger partial charge in [0.25, 0.3) is 0 Å². The molecule has 6 nitrogen and oxygen atoms in total. The Morgan fingerprint density at radius 1 is 1.29 bits per heavy atom. The smallest absolute Gasteiger partial charge is 0.245 e. The summed E-state index contributed by atoms with van der Waals surface area (Å²) in [5, 5.41) is 2.55. The lowest BCUT2D eigenvalue weighted by Gasteiger charge is -2.12. The molecule has 0 saturated heterocycles. The van der Waals surface area contributed by atoms with Crippen LogP contribution in [0.25, 0.3) is 0 Å². The molecule has 0 unspecified atom stereocenters. The number of anilines is 1. The summed E-state index contributed by atoms with van der Waals surface area (Å²) in [7, 11) is 0. The van der Waals surface area contributed by atoms with E-state index in [0.717, 1.165) is 0 Å². The molecule has 1 aromatic heterocycles. The number of halogens is 1. The fraction of sp³-hybridized carbons (Fsp3) is 0.500. The van der Waals surface area contributed by atoms with Gasteiger partial charge in [-0.1, -0.05) is 0 Å². The van der Waals surface area contributed by atoms with E-state index in [1.165, 1.54) is 6.33 Å². The first-order valence-corrected chi connectivity index (χ1v) is 5.72. The molecular formula is C10H14ClN3O3. The number of hydrogen-bond donors (Lipinski definition) is 1. The summed E-state index contributed by atoms with van der Waals surface area (Å²) in [6.45, 7) is 4.48. The Bertz CT molecular complexity index is 363. The van der Waals surface area contributed by atoms with Gasteiger partial charge in [0.15, 0.2) is 5.69 Å². The van der Waals surface area contributed by atoms with Crippen LogP contribution >= 0.6 is 11.6 Å². The Labute approximate surface area is 104 Å². The average molecular weight is 260 g/mol. The van der Waals surface area contributed by atoms with Crippen LogP contribution in [0.1, 0.15) is 13.8 Å². The quantitative estimate of drug-likeness (QED) is 0.783. The molecule has 0 aliphatic carbocycles. The molecule has 0 saturated carbocycles. The second kappa shape index (κ2) is 6.90. The largest absolute Gasteiger partial charge is 0.476 e. The molecule has 0 spiro atoms. The third-order valence-corrected chi connectivity index (χ3v) is 1.97. The zero-order valence-corrected chi connectivity index (χ0v) is 10.5. The summed E-state index contributed by atoms with van der Waals surface area (Å²) in [6, 6.07) is 0. The Hall–Kier alpha value is -1.56. The summed E-state index contributed by atoms with van der Waals surface area (Å²) in [5.74, 6) is 0.00339. The van der Waals surface area contributed by atoms with Crippen LogP contribution in [0.2, 0.25) is 0 Å². The van der Waals surface area contributed by atoms with E-state index in [1.54, 1.807) is 0 Å². The Balaban J connectivity index is 3.03. The highest BCUT2D eigenvalue weighted by Gasteiger charge is 2.16. The van der Waals surface area contributed by atoms with Gasteiger partial charge < -0.3 is 14.8 Å². The van der Waals surface area contributed by atoms with Crippen LogP contribution < -0.4 is 14.8 Å². The van der Waals surface area contributed by atoms with Gasteiger partial charge >= 0.3 is 0 Å². The van der Waals surface area contributed by atoms with Crippen molar-refractivity contribution in [2.24, 2.45) is 0 Å². The monoisotopic (exact) mass is 259 g/mol. The highest BCUT2D eigenvalue weighted by atomic mass is 35.5. The van der Waals surface area contributed by atoms with E-state index in [0.29, 0.717) is 18.9 Å². The van der Waals surface area contributed by atoms with Crippen molar-refractivity contribution in [3.05, 3.63) is 6.33 Å². The molecule has 17 heavy (non-hydrogen) atoms. The fourth-order valence-corrected chi connectivity index (χ4v) is 1.19. The van der Waals surface area contributed by atoms with Crippen molar-refractivity contribution in [1.29, 1.82) is 0 Å². The molecule has 0 radical (unpaired) electrons. The zero-order valence-electron chi connectivity index (χ0n) is 9.70. The first-order chi connectivity index (χ1) is 8.22. The number of alkyl halides is 1. The second-order valence-electron chi connectivity index (χ2n) is 2.91. The number of hydrogen-bond acceptors (Lipinski definition) is 5. The minimum absolute atomic E-state index is 0.161. The minimum atomic E-state index is -0.372. The lowest BCUT2D eigenvalue weighted by molar-refractivity contribution is -0.114. The SMILES string of the molecule is CCOc1ncnc(OCC)c1NC(=O)CCl. The molecule has 1 rings (SSSR count). The van der Waals surface area contributed by atoms with Crippen molar-refractivity contribution < 1.29 is 14.3 Å². The van der Waals surface area contributed by atoms with Gasteiger partial charge in [-0.15, -0.1) is 11.6 Å². The van der Waals surface area contributed by atoms with Crippen LogP contribution in [0.15, 0.2) is 6.33 Å². The van der Waals surface area contributed by atoms with E-state index in [1.807, 2.05) is 13.8 Å². The van der Waals surface area contributed by atoms with Crippen molar-refractivity contribution >= 4 is 23.2 Å². The van der Waals surface area contributed by atoms with Crippen molar-refractivity contribution in [1.82, 2.24) is 9.97 Å². The van der Waals surface area contributed by atoms with Gasteiger partial charge in [-0.2, -0.15) is 9.97 Å². The summed E-state index contributed by atoms with van der Waals surface area (Å²) in [4.78, 5) is 19.1. The van der Waals surface area contributed by atoms with E-state index in [2.05, 4.69) is 15.3 Å². The summed E-state index contributed by atoms with van der Waals surface area (Å²) < 4.78 is 10.6. The molecule has 1 N–H and O–H groups in total. The molecule has 0 atom stereocenters. The number of ether oxygens (including phenoxy) is 2. The predicted molar refractivity (Wildman–Crippen MR) is 63.7 cm³/mol. The molecule has 1 heterocycles. The standard InChI is InChI=1S/C10H14ClN3O3/c1-3-16-9-8(14-7(15)5-11)10(17-4-2)13-6-12-9/h6H,3-5H2,1-2H3,(H,14,15). The fourth-order valence-electron chi connectivity index (χ4n) is 1.13. The predicted octanol–water partition coefficient (Wildman–Crippen LogP) is 1.45. The maximum Gasteiger partial charge on any atom is 0.245 e. The number of carbonyl (C=O) groups is 1. The maximum atomic E-state index is 11.3.